The number of ketones is 1. The Kier molecular flexibility index (Phi) is 3.22. The van der Waals surface area contributed by atoms with Gasteiger partial charge >= 0.3 is 0 Å². The maximum Gasteiger partial charge on any atom is 0.165 e. The highest BCUT2D eigenvalue weighted by Gasteiger charge is 2.63. The van der Waals surface area contributed by atoms with Gasteiger partial charge in [-0.15, -0.1) is 0 Å². The van der Waals surface area contributed by atoms with E-state index in [4.69, 9.17) is 0 Å². The van der Waals surface area contributed by atoms with Crippen molar-refractivity contribution in [2.45, 2.75) is 38.5 Å². The smallest absolute Gasteiger partial charge is 0.165 e. The van der Waals surface area contributed by atoms with Crippen LogP contribution in [0.25, 0.3) is 6.08 Å². The van der Waals surface area contributed by atoms with Gasteiger partial charge in [0.05, 0.1) is 0 Å². The van der Waals surface area contributed by atoms with Crippen LogP contribution in [-0.2, 0) is 15.9 Å². The summed E-state index contributed by atoms with van der Waals surface area (Å²) in [6.45, 7) is 6.46. The van der Waals surface area contributed by atoms with E-state index in [1.807, 2.05) is 6.08 Å². The first-order valence-electron chi connectivity index (χ1n) is 7.23. The third-order valence-electron chi connectivity index (χ3n) is 5.76. The van der Waals surface area contributed by atoms with Crippen LogP contribution in [-0.4, -0.2) is 14.5 Å². The minimum Gasteiger partial charge on any atom is -0.768 e. The number of hydrogen-bond donors (Lipinski definition) is 0. The van der Waals surface area contributed by atoms with Gasteiger partial charge in [-0.1, -0.05) is 32.9 Å². The van der Waals surface area contributed by atoms with Crippen molar-refractivity contribution in [2.24, 2.45) is 16.7 Å². The Morgan fingerprint density at radius 3 is 2.33 bits per heavy atom. The van der Waals surface area contributed by atoms with E-state index in [2.05, 4.69) is 20.8 Å². The number of Topliss-reactive ketones (excluding diaryl/α,β-unsaturated/α-hetero) is 1. The molecule has 1 aromatic rings. The fourth-order valence-corrected chi connectivity index (χ4v) is 4.31. The van der Waals surface area contributed by atoms with E-state index in [1.165, 1.54) is 0 Å². The molecule has 2 bridgehead atoms. The zero-order valence-corrected chi connectivity index (χ0v) is 13.3. The molecule has 112 valence electrons. The number of hydrogen-bond acceptors (Lipinski definition) is 3. The van der Waals surface area contributed by atoms with E-state index in [9.17, 15) is 13.6 Å². The third kappa shape index (κ3) is 1.96. The summed E-state index contributed by atoms with van der Waals surface area (Å²) in [5.41, 5.74) is 1.55. The summed E-state index contributed by atoms with van der Waals surface area (Å²) in [5.74, 6) is 0.573. The Balaban J connectivity index is 1.98. The first-order valence-corrected chi connectivity index (χ1v) is 8.30. The van der Waals surface area contributed by atoms with E-state index in [0.29, 0.717) is 5.92 Å². The Morgan fingerprint density at radius 2 is 1.86 bits per heavy atom. The molecule has 4 heteroatoms. The lowest BCUT2D eigenvalue weighted by molar-refractivity contribution is -0.125. The van der Waals surface area contributed by atoms with Gasteiger partial charge in [0.25, 0.3) is 0 Å². The number of benzene rings is 1. The van der Waals surface area contributed by atoms with E-state index < -0.39 is 11.1 Å². The highest BCUT2D eigenvalue weighted by molar-refractivity contribution is 7.79. The first-order chi connectivity index (χ1) is 9.77. The lowest BCUT2D eigenvalue weighted by atomic mass is 9.70. The van der Waals surface area contributed by atoms with Crippen LogP contribution < -0.4 is 0 Å². The second-order valence-corrected chi connectivity index (χ2v) is 7.82. The van der Waals surface area contributed by atoms with Gasteiger partial charge in [-0.25, -0.2) is 0 Å². The van der Waals surface area contributed by atoms with Crippen molar-refractivity contribution < 1.29 is 13.6 Å². The average Bonchev–Trinajstić information content (AvgIpc) is 2.74. The van der Waals surface area contributed by atoms with Crippen LogP contribution >= 0.6 is 0 Å². The lowest BCUT2D eigenvalue weighted by Gasteiger charge is -2.31. The van der Waals surface area contributed by atoms with Crippen molar-refractivity contribution in [3.05, 3.63) is 35.4 Å². The molecule has 2 aliphatic carbocycles. The Labute approximate surface area is 127 Å². The molecule has 3 unspecified atom stereocenters. The van der Waals surface area contributed by atoms with E-state index in [1.54, 1.807) is 24.3 Å². The molecule has 21 heavy (non-hydrogen) atoms. The molecule has 0 aromatic heterocycles. The Hall–Kier alpha value is -1.26. The maximum absolute atomic E-state index is 12.7. The lowest BCUT2D eigenvalue weighted by Crippen LogP contribution is -2.32. The average molecular weight is 303 g/mol. The highest BCUT2D eigenvalue weighted by atomic mass is 32.2. The van der Waals surface area contributed by atoms with E-state index >= 15 is 0 Å². The standard InChI is InChI=1S/C17H20O3S/c1-16(2)14-8-9-17(16,3)15(18)13(14)10-11-4-6-12(7-5-11)21(19)20/h4-7,10,14H,8-9H2,1-3H3,(H,19,20)/p-1. The maximum atomic E-state index is 12.7. The summed E-state index contributed by atoms with van der Waals surface area (Å²) >= 11 is -2.21. The zero-order valence-electron chi connectivity index (χ0n) is 12.5. The van der Waals surface area contributed by atoms with Crippen LogP contribution in [0.1, 0.15) is 39.2 Å². The topological polar surface area (TPSA) is 57.2 Å². The molecule has 0 aliphatic heterocycles. The second-order valence-electron chi connectivity index (χ2n) is 6.88. The first kappa shape index (κ1) is 14.7. The highest BCUT2D eigenvalue weighted by Crippen LogP contribution is 2.65. The third-order valence-corrected chi connectivity index (χ3v) is 6.42. The van der Waals surface area contributed by atoms with Gasteiger partial charge in [0.1, 0.15) is 0 Å². The molecule has 2 saturated carbocycles. The van der Waals surface area contributed by atoms with Crippen molar-refractivity contribution in [2.75, 3.05) is 0 Å². The van der Waals surface area contributed by atoms with Crippen LogP contribution in [0, 0.1) is 16.7 Å². The van der Waals surface area contributed by atoms with Crippen LogP contribution in [0.15, 0.2) is 34.7 Å². The number of allylic oxidation sites excluding steroid dienone is 1. The summed E-state index contributed by atoms with van der Waals surface area (Å²) in [5, 5.41) is 0. The van der Waals surface area contributed by atoms with Crippen molar-refractivity contribution in [1.82, 2.24) is 0 Å². The van der Waals surface area contributed by atoms with Gasteiger partial charge in [-0.3, -0.25) is 9.00 Å². The van der Waals surface area contributed by atoms with Gasteiger partial charge in [0, 0.05) is 10.3 Å². The minimum absolute atomic E-state index is 0.00632. The van der Waals surface area contributed by atoms with Gasteiger partial charge in [0.2, 0.25) is 0 Å². The van der Waals surface area contributed by atoms with Crippen molar-refractivity contribution in [3.63, 3.8) is 0 Å². The predicted molar refractivity (Wildman–Crippen MR) is 81.2 cm³/mol. The van der Waals surface area contributed by atoms with Gasteiger partial charge in [-0.2, -0.15) is 0 Å². The molecular weight excluding hydrogens is 284 g/mol. The summed E-state index contributed by atoms with van der Waals surface area (Å²) in [4.78, 5) is 13.0. The molecule has 0 amide bonds. The summed E-state index contributed by atoms with van der Waals surface area (Å²) in [7, 11) is 0. The van der Waals surface area contributed by atoms with Crippen LogP contribution in [0.3, 0.4) is 0 Å². The van der Waals surface area contributed by atoms with Crippen LogP contribution in [0.2, 0.25) is 0 Å². The second kappa shape index (κ2) is 4.62. The number of rotatable bonds is 2. The normalized spacial score (nSPS) is 33.6. The van der Waals surface area contributed by atoms with Crippen LogP contribution in [0.4, 0.5) is 0 Å². The van der Waals surface area contributed by atoms with Crippen molar-refractivity contribution in [3.8, 4) is 0 Å². The predicted octanol–water partition coefficient (Wildman–Crippen LogP) is 3.33. The van der Waals surface area contributed by atoms with Crippen molar-refractivity contribution >= 4 is 22.9 Å². The molecule has 2 aliphatic rings. The summed E-state index contributed by atoms with van der Waals surface area (Å²) < 4.78 is 21.7. The molecule has 3 rings (SSSR count). The quantitative estimate of drug-likeness (QED) is 0.622. The summed E-state index contributed by atoms with van der Waals surface area (Å²) in [6, 6.07) is 6.65. The molecule has 0 spiro atoms. The molecule has 0 N–H and O–H groups in total. The fourth-order valence-electron chi connectivity index (χ4n) is 3.95. The van der Waals surface area contributed by atoms with Gasteiger partial charge < -0.3 is 4.55 Å². The SMILES string of the molecule is CC12CCC(C(=Cc3ccc(S(=O)[O-])cc3)C1=O)C2(C)C. The molecular formula is C17H19O3S-. The van der Waals surface area contributed by atoms with E-state index in [-0.39, 0.29) is 21.5 Å². The molecule has 3 atom stereocenters. The monoisotopic (exact) mass is 303 g/mol. The Morgan fingerprint density at radius 1 is 1.24 bits per heavy atom. The van der Waals surface area contributed by atoms with Crippen LogP contribution in [0.5, 0.6) is 0 Å². The summed E-state index contributed by atoms with van der Waals surface area (Å²) in [6.07, 6.45) is 3.97. The van der Waals surface area contributed by atoms with Gasteiger partial charge in [-0.05, 0) is 64.6 Å². The zero-order chi connectivity index (χ0) is 15.4. The fraction of sp³-hybridized carbons (Fsp3) is 0.471. The van der Waals surface area contributed by atoms with E-state index in [0.717, 1.165) is 24.0 Å². The molecule has 2 fully saturated rings. The Bertz CT molecular complexity index is 657. The molecule has 3 nitrogen and oxygen atoms in total. The van der Waals surface area contributed by atoms with Crippen molar-refractivity contribution in [1.29, 1.82) is 0 Å². The van der Waals surface area contributed by atoms with Gasteiger partial charge in [0.15, 0.2) is 5.78 Å². The molecule has 0 heterocycles. The largest absolute Gasteiger partial charge is 0.768 e. The molecule has 1 aromatic carbocycles. The number of fused-ring (bicyclic) bond motifs is 2. The number of carbonyl (C=O) groups is 1. The minimum atomic E-state index is -2.21. The molecule has 0 saturated heterocycles. The molecule has 0 radical (unpaired) electrons. The number of carbonyl (C=O) groups excluding carboxylic acids is 1.